The molecule has 38 heavy (non-hydrogen) atoms. The molecule has 208 valence electrons. The number of aromatic nitrogens is 1. The molecule has 2 aromatic rings. The molecule has 13 heteroatoms. The molecule has 4 rings (SSSR count). The number of benzene rings is 1. The molecule has 0 spiro atoms. The summed E-state index contributed by atoms with van der Waals surface area (Å²) in [5.41, 5.74) is 0.437. The zero-order chi connectivity index (χ0) is 27.8. The minimum Gasteiger partial charge on any atom is -0.349 e. The molecule has 2 heterocycles. The SMILES string of the molecule is C[C@H]1[C@H](F)C[C@@H](C(=O)NCc2cc(C3CCC(C(F)(F)F)CC3)c(F)cn2)N1S(=O)(=O)c1ccc(F)cc1. The molecule has 1 amide bonds. The zero-order valence-corrected chi connectivity index (χ0v) is 21.2. The van der Waals surface area contributed by atoms with E-state index >= 15 is 0 Å². The van der Waals surface area contributed by atoms with Crippen LogP contribution >= 0.6 is 0 Å². The normalized spacial score (nSPS) is 26.9. The minimum absolute atomic E-state index is 0.107. The van der Waals surface area contributed by atoms with E-state index in [0.717, 1.165) is 34.8 Å². The molecule has 0 unspecified atom stereocenters. The fraction of sp³-hybridized carbons (Fsp3) is 0.520. The van der Waals surface area contributed by atoms with Gasteiger partial charge in [-0.3, -0.25) is 9.78 Å². The van der Waals surface area contributed by atoms with Gasteiger partial charge in [0.05, 0.1) is 35.3 Å². The molecule has 1 aromatic carbocycles. The lowest BCUT2D eigenvalue weighted by molar-refractivity contribution is -0.182. The topological polar surface area (TPSA) is 79.4 Å². The maximum Gasteiger partial charge on any atom is 0.391 e. The number of halogens is 6. The number of carbonyl (C=O) groups excluding carboxylic acids is 1. The summed E-state index contributed by atoms with van der Waals surface area (Å²) in [6.07, 6.45) is -5.26. The van der Waals surface area contributed by atoms with Crippen molar-refractivity contribution in [2.45, 2.75) is 80.8 Å². The van der Waals surface area contributed by atoms with E-state index in [2.05, 4.69) is 10.3 Å². The number of sulfonamides is 1. The second-order valence-electron chi connectivity index (χ2n) is 9.80. The van der Waals surface area contributed by atoms with Gasteiger partial charge in [-0.05, 0) is 74.4 Å². The predicted octanol–water partition coefficient (Wildman–Crippen LogP) is 5.00. The summed E-state index contributed by atoms with van der Waals surface area (Å²) < 4.78 is 108. The number of rotatable bonds is 6. The Morgan fingerprint density at radius 3 is 2.34 bits per heavy atom. The first-order chi connectivity index (χ1) is 17.8. The van der Waals surface area contributed by atoms with Crippen molar-refractivity contribution >= 4 is 15.9 Å². The van der Waals surface area contributed by atoms with E-state index in [0.29, 0.717) is 0 Å². The molecule has 1 saturated heterocycles. The number of nitrogens with zero attached hydrogens (tertiary/aromatic N) is 2. The van der Waals surface area contributed by atoms with Crippen LogP contribution in [0.25, 0.3) is 0 Å². The fourth-order valence-electron chi connectivity index (χ4n) is 5.23. The van der Waals surface area contributed by atoms with Gasteiger partial charge in [-0.15, -0.1) is 0 Å². The average molecular weight is 564 g/mol. The summed E-state index contributed by atoms with van der Waals surface area (Å²) in [5.74, 6) is -3.94. The molecule has 2 aliphatic rings. The summed E-state index contributed by atoms with van der Waals surface area (Å²) >= 11 is 0. The van der Waals surface area contributed by atoms with Crippen molar-refractivity contribution in [1.82, 2.24) is 14.6 Å². The third-order valence-electron chi connectivity index (χ3n) is 7.39. The van der Waals surface area contributed by atoms with Crippen LogP contribution in [0.5, 0.6) is 0 Å². The summed E-state index contributed by atoms with van der Waals surface area (Å²) in [6.45, 7) is 1.11. The Balaban J connectivity index is 1.46. The first-order valence-electron chi connectivity index (χ1n) is 12.2. The van der Waals surface area contributed by atoms with Gasteiger partial charge in [0.1, 0.15) is 23.8 Å². The smallest absolute Gasteiger partial charge is 0.349 e. The van der Waals surface area contributed by atoms with Crippen molar-refractivity contribution in [3.8, 4) is 0 Å². The molecule has 1 N–H and O–H groups in total. The van der Waals surface area contributed by atoms with Gasteiger partial charge in [0, 0.05) is 6.42 Å². The number of hydrogen-bond acceptors (Lipinski definition) is 4. The molecule has 2 fully saturated rings. The van der Waals surface area contributed by atoms with E-state index in [9.17, 15) is 39.6 Å². The highest BCUT2D eigenvalue weighted by molar-refractivity contribution is 7.89. The van der Waals surface area contributed by atoms with Crippen LogP contribution in [0.3, 0.4) is 0 Å². The molecule has 1 saturated carbocycles. The second kappa shape index (κ2) is 10.8. The van der Waals surface area contributed by atoms with Gasteiger partial charge in [0.25, 0.3) is 0 Å². The minimum atomic E-state index is -4.34. The molecule has 1 aliphatic carbocycles. The third kappa shape index (κ3) is 5.83. The van der Waals surface area contributed by atoms with E-state index in [1.54, 1.807) is 0 Å². The van der Waals surface area contributed by atoms with Crippen LogP contribution in [0.15, 0.2) is 41.4 Å². The van der Waals surface area contributed by atoms with Crippen LogP contribution in [0.4, 0.5) is 26.3 Å². The molecule has 1 aliphatic heterocycles. The van der Waals surface area contributed by atoms with Gasteiger partial charge in [0.15, 0.2) is 0 Å². The Bertz CT molecular complexity index is 1260. The van der Waals surface area contributed by atoms with E-state index in [4.69, 9.17) is 0 Å². The highest BCUT2D eigenvalue weighted by atomic mass is 32.2. The van der Waals surface area contributed by atoms with Crippen LogP contribution < -0.4 is 5.32 Å². The van der Waals surface area contributed by atoms with Gasteiger partial charge in [0.2, 0.25) is 15.9 Å². The van der Waals surface area contributed by atoms with Gasteiger partial charge in [-0.25, -0.2) is 21.6 Å². The van der Waals surface area contributed by atoms with E-state index in [1.165, 1.54) is 13.0 Å². The first-order valence-corrected chi connectivity index (χ1v) is 13.6. The van der Waals surface area contributed by atoms with Crippen LogP contribution in [0.2, 0.25) is 0 Å². The van der Waals surface area contributed by atoms with E-state index < -0.39 is 70.3 Å². The summed E-state index contributed by atoms with van der Waals surface area (Å²) in [4.78, 5) is 16.6. The lowest BCUT2D eigenvalue weighted by Gasteiger charge is -2.30. The Morgan fingerprint density at radius 2 is 1.74 bits per heavy atom. The molecule has 0 radical (unpaired) electrons. The summed E-state index contributed by atoms with van der Waals surface area (Å²) in [5, 5.41) is 2.52. The maximum absolute atomic E-state index is 14.6. The van der Waals surface area contributed by atoms with Crippen LogP contribution in [0.1, 0.15) is 56.2 Å². The van der Waals surface area contributed by atoms with Crippen molar-refractivity contribution in [1.29, 1.82) is 0 Å². The highest BCUT2D eigenvalue weighted by Crippen LogP contribution is 2.43. The molecule has 1 aromatic heterocycles. The van der Waals surface area contributed by atoms with Gasteiger partial charge >= 0.3 is 6.18 Å². The third-order valence-corrected chi connectivity index (χ3v) is 9.40. The number of carbonyl (C=O) groups is 1. The van der Waals surface area contributed by atoms with Crippen molar-refractivity contribution in [3.63, 3.8) is 0 Å². The zero-order valence-electron chi connectivity index (χ0n) is 20.4. The average Bonchev–Trinajstić information content (AvgIpc) is 3.18. The predicted molar refractivity (Wildman–Crippen MR) is 125 cm³/mol. The van der Waals surface area contributed by atoms with Gasteiger partial charge < -0.3 is 5.32 Å². The second-order valence-corrected chi connectivity index (χ2v) is 11.6. The Kier molecular flexibility index (Phi) is 8.08. The number of alkyl halides is 4. The maximum atomic E-state index is 14.6. The van der Waals surface area contributed by atoms with Crippen LogP contribution in [0, 0.1) is 17.6 Å². The van der Waals surface area contributed by atoms with Crippen molar-refractivity contribution in [2.75, 3.05) is 0 Å². The van der Waals surface area contributed by atoms with Gasteiger partial charge in [-0.1, -0.05) is 0 Å². The standard InChI is InChI=1S/C25H27F6N3O3S/c1-14-21(27)11-23(34(14)38(36,37)19-8-6-17(26)7-9-19)24(35)33-12-18-10-20(22(28)13-32-18)15-2-4-16(5-3-15)25(29,30)31/h6-10,13-16,21,23H,2-5,11-12H2,1H3,(H,33,35)/t14-,15?,16?,21+,23-/m0/s1. The molecule has 3 atom stereocenters. The molecular weight excluding hydrogens is 536 g/mol. The first kappa shape index (κ1) is 28.3. The van der Waals surface area contributed by atoms with Crippen molar-refractivity contribution in [3.05, 3.63) is 59.4 Å². The van der Waals surface area contributed by atoms with Crippen molar-refractivity contribution < 1.29 is 39.6 Å². The van der Waals surface area contributed by atoms with Crippen LogP contribution in [-0.4, -0.2) is 48.0 Å². The number of hydrogen-bond donors (Lipinski definition) is 1. The van der Waals surface area contributed by atoms with E-state index in [1.807, 2.05) is 0 Å². The fourth-order valence-corrected chi connectivity index (χ4v) is 7.04. The molecule has 6 nitrogen and oxygen atoms in total. The van der Waals surface area contributed by atoms with Crippen LogP contribution in [-0.2, 0) is 21.4 Å². The summed E-state index contributed by atoms with van der Waals surface area (Å²) in [7, 11) is -4.34. The number of nitrogens with one attached hydrogen (secondary N) is 1. The number of amides is 1. The largest absolute Gasteiger partial charge is 0.391 e. The lowest BCUT2D eigenvalue weighted by atomic mass is 9.78. The highest BCUT2D eigenvalue weighted by Gasteiger charge is 2.49. The Labute approximate surface area is 216 Å². The van der Waals surface area contributed by atoms with E-state index in [-0.39, 0.29) is 48.4 Å². The molecular formula is C25H27F6N3O3S. The van der Waals surface area contributed by atoms with Crippen molar-refractivity contribution in [2.24, 2.45) is 5.92 Å². The summed E-state index contributed by atoms with van der Waals surface area (Å²) in [6, 6.07) is 2.81. The van der Waals surface area contributed by atoms with Gasteiger partial charge in [-0.2, -0.15) is 17.5 Å². The lowest BCUT2D eigenvalue weighted by Crippen LogP contribution is -2.48. The Hall–Kier alpha value is -2.67. The molecule has 0 bridgehead atoms. The quantitative estimate of drug-likeness (QED) is 0.502. The Morgan fingerprint density at radius 1 is 1.11 bits per heavy atom. The monoisotopic (exact) mass is 563 g/mol. The number of pyridine rings is 1.